The molecular weight excluding hydrogens is 528 g/mol. The number of carbonyl (C=O) groups excluding carboxylic acids is 2. The number of carbonyl (C=O) groups is 2. The second-order valence-corrected chi connectivity index (χ2v) is 14.8. The van der Waals surface area contributed by atoms with E-state index in [1.165, 1.54) is 64.2 Å². The highest BCUT2D eigenvalue weighted by molar-refractivity contribution is 5.95. The van der Waals surface area contributed by atoms with Crippen LogP contribution in [0, 0.1) is 34.5 Å². The molecule has 1 spiro atoms. The lowest BCUT2D eigenvalue weighted by molar-refractivity contribution is -0.190. The van der Waals surface area contributed by atoms with Crippen LogP contribution in [0.4, 0.5) is 0 Å². The maximum Gasteiger partial charge on any atom is 0.306 e. The Kier molecular flexibility index (Phi) is 10.9. The summed E-state index contributed by atoms with van der Waals surface area (Å²) < 4.78 is 5.62. The standard InChI is InChI=1S/C36H58O6/c1-6-7-8-9-10-11-12-13-14-15-16-17-18-19-29(37)42-23-26-21-27-30-28(34(30,4)5)20-25(3)35(33(27)40)22-24(2)31(38)36(35,41)32(26)39/h21-22,25,27-28,30-32,38-39,41H,6-20,23H2,1-5H3/t25-,27+,28-,30-,31+,32-,35+,36-/m1/s1. The topological polar surface area (TPSA) is 104 Å². The number of ketones is 1. The van der Waals surface area contributed by atoms with Gasteiger partial charge < -0.3 is 20.1 Å². The average Bonchev–Trinajstić information content (AvgIpc) is 3.45. The highest BCUT2D eigenvalue weighted by atomic mass is 16.5. The largest absolute Gasteiger partial charge is 0.461 e. The van der Waals surface area contributed by atoms with Gasteiger partial charge in [0.1, 0.15) is 24.4 Å². The number of hydrogen-bond donors (Lipinski definition) is 3. The molecule has 2 fully saturated rings. The van der Waals surface area contributed by atoms with E-state index in [-0.39, 0.29) is 35.6 Å². The highest BCUT2D eigenvalue weighted by Crippen LogP contribution is 2.71. The molecule has 4 rings (SSSR count). The molecule has 0 aromatic rings. The zero-order valence-corrected chi connectivity index (χ0v) is 27.0. The summed E-state index contributed by atoms with van der Waals surface area (Å²) in [6.07, 6.45) is 17.8. The summed E-state index contributed by atoms with van der Waals surface area (Å²) in [6, 6.07) is 0. The molecule has 0 aromatic carbocycles. The Morgan fingerprint density at radius 1 is 0.929 bits per heavy atom. The molecule has 0 aromatic heterocycles. The van der Waals surface area contributed by atoms with Crippen molar-refractivity contribution in [2.45, 2.75) is 149 Å². The van der Waals surface area contributed by atoms with Crippen LogP contribution in [0.5, 0.6) is 0 Å². The number of allylic oxidation sites excluding steroid dienone is 1. The van der Waals surface area contributed by atoms with Crippen molar-refractivity contribution in [1.82, 2.24) is 0 Å². The third-order valence-electron chi connectivity index (χ3n) is 11.6. The van der Waals surface area contributed by atoms with Crippen molar-refractivity contribution < 1.29 is 29.6 Å². The zero-order valence-electron chi connectivity index (χ0n) is 27.0. The fourth-order valence-corrected chi connectivity index (χ4v) is 8.94. The second kappa shape index (κ2) is 13.6. The molecule has 4 aliphatic rings. The Morgan fingerprint density at radius 3 is 2.05 bits per heavy atom. The molecular formula is C36H58O6. The smallest absolute Gasteiger partial charge is 0.306 e. The molecule has 2 saturated carbocycles. The number of unbranched alkanes of at least 4 members (excludes halogenated alkanes) is 12. The molecule has 3 N–H and O–H groups in total. The number of rotatable bonds is 16. The van der Waals surface area contributed by atoms with E-state index in [1.807, 2.05) is 6.92 Å². The van der Waals surface area contributed by atoms with Crippen LogP contribution in [-0.2, 0) is 14.3 Å². The van der Waals surface area contributed by atoms with Crippen LogP contribution in [0.3, 0.4) is 0 Å². The second-order valence-electron chi connectivity index (χ2n) is 14.8. The molecule has 6 heteroatoms. The molecule has 8 atom stereocenters. The summed E-state index contributed by atoms with van der Waals surface area (Å²) in [7, 11) is 0. The molecule has 0 unspecified atom stereocenters. The van der Waals surface area contributed by atoms with Crippen LogP contribution >= 0.6 is 0 Å². The molecule has 0 saturated heterocycles. The first kappa shape index (κ1) is 33.4. The van der Waals surface area contributed by atoms with Gasteiger partial charge in [0.25, 0.3) is 0 Å². The molecule has 4 aliphatic carbocycles. The van der Waals surface area contributed by atoms with Gasteiger partial charge in [-0.15, -0.1) is 0 Å². The lowest BCUT2D eigenvalue weighted by atomic mass is 9.59. The molecule has 2 bridgehead atoms. The number of aliphatic hydroxyl groups excluding tert-OH is 2. The van der Waals surface area contributed by atoms with E-state index in [0.29, 0.717) is 23.5 Å². The van der Waals surface area contributed by atoms with Crippen molar-refractivity contribution in [3.05, 3.63) is 23.3 Å². The van der Waals surface area contributed by atoms with Crippen molar-refractivity contribution in [1.29, 1.82) is 0 Å². The summed E-state index contributed by atoms with van der Waals surface area (Å²) in [4.78, 5) is 26.9. The summed E-state index contributed by atoms with van der Waals surface area (Å²) in [5.74, 6) is -0.780. The zero-order chi connectivity index (χ0) is 30.7. The minimum Gasteiger partial charge on any atom is -0.461 e. The summed E-state index contributed by atoms with van der Waals surface area (Å²) in [6.45, 7) is 10.1. The number of hydrogen-bond acceptors (Lipinski definition) is 6. The fraction of sp³-hybridized carbons (Fsp3) is 0.833. The van der Waals surface area contributed by atoms with E-state index in [4.69, 9.17) is 4.74 Å². The van der Waals surface area contributed by atoms with E-state index in [2.05, 4.69) is 20.8 Å². The first-order chi connectivity index (χ1) is 19.9. The number of fused-ring (bicyclic) bond motifs is 3. The van der Waals surface area contributed by atoms with Gasteiger partial charge in [-0.05, 0) is 54.1 Å². The van der Waals surface area contributed by atoms with Gasteiger partial charge in [-0.25, -0.2) is 0 Å². The number of aliphatic hydroxyl groups is 3. The Bertz CT molecular complexity index is 1030. The summed E-state index contributed by atoms with van der Waals surface area (Å²) in [5, 5.41) is 34.9. The number of esters is 1. The van der Waals surface area contributed by atoms with Crippen LogP contribution in [0.1, 0.15) is 131 Å². The van der Waals surface area contributed by atoms with Gasteiger partial charge in [0.15, 0.2) is 5.78 Å². The molecule has 0 amide bonds. The minimum atomic E-state index is -2.09. The number of ether oxygens (including phenoxy) is 1. The van der Waals surface area contributed by atoms with Gasteiger partial charge in [-0.3, -0.25) is 9.59 Å². The average molecular weight is 587 g/mol. The van der Waals surface area contributed by atoms with Crippen LogP contribution in [-0.4, -0.2) is 51.5 Å². The highest BCUT2D eigenvalue weighted by Gasteiger charge is 2.75. The molecule has 0 heterocycles. The lowest BCUT2D eigenvalue weighted by Crippen LogP contribution is -2.65. The van der Waals surface area contributed by atoms with Gasteiger partial charge in [-0.1, -0.05) is 117 Å². The quantitative estimate of drug-likeness (QED) is 0.104. The molecule has 0 aliphatic heterocycles. The van der Waals surface area contributed by atoms with Crippen LogP contribution in [0.2, 0.25) is 0 Å². The van der Waals surface area contributed by atoms with E-state index in [0.717, 1.165) is 25.7 Å². The Hall–Kier alpha value is -1.50. The normalized spacial score (nSPS) is 36.3. The third-order valence-corrected chi connectivity index (χ3v) is 11.6. The summed E-state index contributed by atoms with van der Waals surface area (Å²) in [5.41, 5.74) is -2.65. The van der Waals surface area contributed by atoms with Crippen molar-refractivity contribution >= 4 is 11.8 Å². The van der Waals surface area contributed by atoms with Crippen molar-refractivity contribution in [3.8, 4) is 0 Å². The lowest BCUT2D eigenvalue weighted by Gasteiger charge is -2.48. The predicted octanol–water partition coefficient (Wildman–Crippen LogP) is 6.85. The van der Waals surface area contributed by atoms with Gasteiger partial charge in [-0.2, -0.15) is 0 Å². The van der Waals surface area contributed by atoms with Crippen LogP contribution in [0.25, 0.3) is 0 Å². The summed E-state index contributed by atoms with van der Waals surface area (Å²) >= 11 is 0. The van der Waals surface area contributed by atoms with Crippen molar-refractivity contribution in [2.75, 3.05) is 6.61 Å². The van der Waals surface area contributed by atoms with E-state index < -0.39 is 29.1 Å². The SMILES string of the molecule is CCCCCCCCCCCCCCCC(=O)OCC1=C[C@@H]2C(=O)[C@]3(C=C(C)[C@H](O)[C@@]3(O)[C@@H]1O)[C@H](C)C[C@@H]1[C@@H]2C1(C)C. The van der Waals surface area contributed by atoms with E-state index >= 15 is 0 Å². The maximum atomic E-state index is 14.3. The monoisotopic (exact) mass is 586 g/mol. The molecule has 0 radical (unpaired) electrons. The molecule has 42 heavy (non-hydrogen) atoms. The Labute approximate surface area is 254 Å². The van der Waals surface area contributed by atoms with Crippen LogP contribution < -0.4 is 0 Å². The Morgan fingerprint density at radius 2 is 1.48 bits per heavy atom. The first-order valence-electron chi connectivity index (χ1n) is 17.1. The third kappa shape index (κ3) is 6.06. The van der Waals surface area contributed by atoms with Gasteiger partial charge in [0, 0.05) is 12.3 Å². The molecule has 238 valence electrons. The van der Waals surface area contributed by atoms with Gasteiger partial charge in [0.2, 0.25) is 0 Å². The van der Waals surface area contributed by atoms with Crippen LogP contribution in [0.15, 0.2) is 23.3 Å². The van der Waals surface area contributed by atoms with Crippen molar-refractivity contribution in [2.24, 2.45) is 34.5 Å². The fourth-order valence-electron chi connectivity index (χ4n) is 8.94. The number of Topliss-reactive ketones (excluding diaryl/α,β-unsaturated/α-hetero) is 1. The maximum absolute atomic E-state index is 14.3. The van der Waals surface area contributed by atoms with E-state index in [1.54, 1.807) is 19.1 Å². The van der Waals surface area contributed by atoms with Crippen molar-refractivity contribution in [3.63, 3.8) is 0 Å². The van der Waals surface area contributed by atoms with Gasteiger partial charge >= 0.3 is 5.97 Å². The minimum absolute atomic E-state index is 0.0217. The predicted molar refractivity (Wildman–Crippen MR) is 166 cm³/mol. The molecule has 6 nitrogen and oxygen atoms in total. The van der Waals surface area contributed by atoms with E-state index in [9.17, 15) is 24.9 Å². The first-order valence-corrected chi connectivity index (χ1v) is 17.1. The van der Waals surface area contributed by atoms with Gasteiger partial charge in [0.05, 0.1) is 5.41 Å². The Balaban J connectivity index is 1.27.